The zero-order valence-electron chi connectivity index (χ0n) is 19.8. The minimum absolute atomic E-state index is 0.0682. The average molecular weight is 491 g/mol. The molecule has 35 heavy (non-hydrogen) atoms. The van der Waals surface area contributed by atoms with Crippen molar-refractivity contribution in [1.82, 2.24) is 4.90 Å². The van der Waals surface area contributed by atoms with Crippen molar-refractivity contribution in [2.75, 3.05) is 45.5 Å². The molecule has 2 aromatic carbocycles. The van der Waals surface area contributed by atoms with Crippen LogP contribution >= 0.6 is 0 Å². The summed E-state index contributed by atoms with van der Waals surface area (Å²) in [6.07, 6.45) is -0.128. The summed E-state index contributed by atoms with van der Waals surface area (Å²) in [6.45, 7) is 1.32. The molecule has 9 heteroatoms. The van der Waals surface area contributed by atoms with Crippen molar-refractivity contribution in [2.45, 2.75) is 36.9 Å². The number of fused-ring (bicyclic) bond motifs is 1. The van der Waals surface area contributed by atoms with E-state index in [0.29, 0.717) is 42.9 Å². The minimum atomic E-state index is -2.55. The van der Waals surface area contributed by atoms with Crippen LogP contribution in [0.1, 0.15) is 35.2 Å². The van der Waals surface area contributed by atoms with E-state index in [4.69, 9.17) is 14.2 Å². The average Bonchev–Trinajstić information content (AvgIpc) is 3.26. The first kappa shape index (κ1) is 23.9. The molecule has 2 heterocycles. The number of methoxy groups -OCH3 is 1. The Balaban J connectivity index is 1.29. The molecule has 1 aliphatic carbocycles. The van der Waals surface area contributed by atoms with Crippen molar-refractivity contribution in [3.05, 3.63) is 59.4 Å². The highest BCUT2D eigenvalue weighted by Crippen LogP contribution is 2.44. The monoisotopic (exact) mass is 490 g/mol. The highest BCUT2D eigenvalue weighted by Gasteiger charge is 2.51. The summed E-state index contributed by atoms with van der Waals surface area (Å²) in [5.74, 6) is -2.62. The summed E-state index contributed by atoms with van der Waals surface area (Å²) < 4.78 is 57.6. The molecule has 1 amide bonds. The number of hydrogen-bond donors (Lipinski definition) is 0. The van der Waals surface area contributed by atoms with E-state index >= 15 is 0 Å². The van der Waals surface area contributed by atoms with Crippen molar-refractivity contribution >= 4 is 11.6 Å². The molecule has 2 aromatic rings. The van der Waals surface area contributed by atoms with Crippen LogP contribution in [-0.2, 0) is 15.1 Å². The lowest BCUT2D eigenvalue weighted by atomic mass is 9.81. The van der Waals surface area contributed by atoms with Gasteiger partial charge in [0.25, 0.3) is 5.91 Å². The van der Waals surface area contributed by atoms with Gasteiger partial charge in [-0.25, -0.2) is 13.2 Å². The number of benzene rings is 2. The number of hydrogen-bond acceptors (Lipinski definition) is 5. The zero-order valence-corrected chi connectivity index (χ0v) is 19.8. The van der Waals surface area contributed by atoms with Gasteiger partial charge in [-0.2, -0.15) is 0 Å². The van der Waals surface area contributed by atoms with Crippen molar-refractivity contribution in [3.63, 3.8) is 0 Å². The maximum absolute atomic E-state index is 13.9. The number of halogens is 3. The molecule has 1 unspecified atom stereocenters. The molecule has 2 saturated heterocycles. The normalized spacial score (nSPS) is 25.6. The summed E-state index contributed by atoms with van der Waals surface area (Å²) in [5, 5.41) is 0. The lowest BCUT2D eigenvalue weighted by Crippen LogP contribution is -2.53. The molecule has 0 N–H and O–H groups in total. The van der Waals surface area contributed by atoms with Gasteiger partial charge >= 0.3 is 0 Å². The number of carbonyl (C=O) groups is 1. The second-order valence-electron chi connectivity index (χ2n) is 9.72. The second-order valence-corrected chi connectivity index (χ2v) is 9.72. The lowest BCUT2D eigenvalue weighted by molar-refractivity contribution is -0.107. The Morgan fingerprint density at radius 1 is 1.23 bits per heavy atom. The Hall–Kier alpha value is -2.78. The first-order chi connectivity index (χ1) is 16.7. The number of nitrogens with zero attached hydrogens (tertiary/aromatic N) is 2. The molecule has 1 saturated carbocycles. The van der Waals surface area contributed by atoms with E-state index in [1.807, 2.05) is 18.0 Å². The number of anilines is 1. The summed E-state index contributed by atoms with van der Waals surface area (Å²) in [4.78, 5) is 17.0. The van der Waals surface area contributed by atoms with E-state index in [-0.39, 0.29) is 37.3 Å². The Kier molecular flexibility index (Phi) is 6.17. The number of amides is 1. The van der Waals surface area contributed by atoms with E-state index < -0.39 is 17.6 Å². The largest absolute Gasteiger partial charge is 0.495 e. The van der Waals surface area contributed by atoms with Crippen LogP contribution in [0.25, 0.3) is 0 Å². The van der Waals surface area contributed by atoms with Crippen LogP contribution in [0.4, 0.5) is 18.9 Å². The Morgan fingerprint density at radius 3 is 2.74 bits per heavy atom. The molecule has 2 aliphatic heterocycles. The molecule has 0 bridgehead atoms. The van der Waals surface area contributed by atoms with Crippen molar-refractivity contribution in [3.8, 4) is 5.75 Å². The third-order valence-electron chi connectivity index (χ3n) is 7.39. The van der Waals surface area contributed by atoms with Gasteiger partial charge in [0.15, 0.2) is 0 Å². The number of ether oxygens (including phenoxy) is 3. The lowest BCUT2D eigenvalue weighted by Gasteiger charge is -2.42. The summed E-state index contributed by atoms with van der Waals surface area (Å²) in [5.41, 5.74) is 1.15. The van der Waals surface area contributed by atoms with Gasteiger partial charge in [0.1, 0.15) is 30.1 Å². The fraction of sp³-hybridized carbons (Fsp3) is 0.500. The molecule has 0 radical (unpaired) electrons. The van der Waals surface area contributed by atoms with Crippen LogP contribution in [0.3, 0.4) is 0 Å². The maximum atomic E-state index is 13.9. The van der Waals surface area contributed by atoms with E-state index in [1.54, 1.807) is 29.2 Å². The van der Waals surface area contributed by atoms with Crippen molar-refractivity contribution in [1.29, 1.82) is 0 Å². The van der Waals surface area contributed by atoms with Crippen molar-refractivity contribution < 1.29 is 32.2 Å². The SMILES string of the molecule is COc1cc(C(=O)N2CCC3(c4cccc(F)c4)OCO[C@@H]3C2)ccc1N(C)CC1CC(F)(F)C1. The molecule has 3 fully saturated rings. The summed E-state index contributed by atoms with van der Waals surface area (Å²) >= 11 is 0. The van der Waals surface area contributed by atoms with Gasteiger partial charge in [-0.15, -0.1) is 0 Å². The fourth-order valence-electron chi connectivity index (χ4n) is 5.53. The van der Waals surface area contributed by atoms with Gasteiger partial charge in [-0.3, -0.25) is 4.79 Å². The van der Waals surface area contributed by atoms with Crippen LogP contribution in [0, 0.1) is 11.7 Å². The molecule has 0 spiro atoms. The van der Waals surface area contributed by atoms with Crippen LogP contribution < -0.4 is 9.64 Å². The molecular weight excluding hydrogens is 461 g/mol. The molecule has 188 valence electrons. The van der Waals surface area contributed by atoms with Crippen molar-refractivity contribution in [2.24, 2.45) is 5.92 Å². The van der Waals surface area contributed by atoms with E-state index in [2.05, 4.69) is 0 Å². The van der Waals surface area contributed by atoms with E-state index in [9.17, 15) is 18.0 Å². The van der Waals surface area contributed by atoms with Gasteiger partial charge in [0.2, 0.25) is 5.92 Å². The Morgan fingerprint density at radius 2 is 2.03 bits per heavy atom. The van der Waals surface area contributed by atoms with Gasteiger partial charge < -0.3 is 24.0 Å². The maximum Gasteiger partial charge on any atom is 0.254 e. The number of rotatable bonds is 6. The summed E-state index contributed by atoms with van der Waals surface area (Å²) in [6, 6.07) is 11.5. The molecule has 6 nitrogen and oxygen atoms in total. The molecular formula is C26H29F3N2O4. The number of alkyl halides is 2. The molecule has 5 rings (SSSR count). The van der Waals surface area contributed by atoms with Crippen LogP contribution in [0.5, 0.6) is 5.75 Å². The zero-order chi connectivity index (χ0) is 24.8. The number of likely N-dealkylation sites (tertiary alicyclic amines) is 1. The highest BCUT2D eigenvalue weighted by molar-refractivity contribution is 5.95. The minimum Gasteiger partial charge on any atom is -0.495 e. The third-order valence-corrected chi connectivity index (χ3v) is 7.39. The topological polar surface area (TPSA) is 51.2 Å². The predicted octanol–water partition coefficient (Wildman–Crippen LogP) is 4.43. The number of carbonyl (C=O) groups excluding carboxylic acids is 1. The third kappa shape index (κ3) is 4.47. The molecule has 2 atom stereocenters. The van der Waals surface area contributed by atoms with Gasteiger partial charge in [-0.05, 0) is 41.8 Å². The highest BCUT2D eigenvalue weighted by atomic mass is 19.3. The Bertz CT molecular complexity index is 1110. The van der Waals surface area contributed by atoms with Crippen LogP contribution in [0.2, 0.25) is 0 Å². The fourth-order valence-corrected chi connectivity index (χ4v) is 5.53. The quantitative estimate of drug-likeness (QED) is 0.600. The second kappa shape index (κ2) is 9.02. The molecule has 0 aromatic heterocycles. The van der Waals surface area contributed by atoms with Gasteiger partial charge in [0, 0.05) is 45.0 Å². The first-order valence-electron chi connectivity index (χ1n) is 11.8. The predicted molar refractivity (Wildman–Crippen MR) is 123 cm³/mol. The van der Waals surface area contributed by atoms with E-state index in [1.165, 1.54) is 19.2 Å². The molecule has 3 aliphatic rings. The van der Waals surface area contributed by atoms with Gasteiger partial charge in [-0.1, -0.05) is 12.1 Å². The smallest absolute Gasteiger partial charge is 0.254 e. The van der Waals surface area contributed by atoms with Gasteiger partial charge in [0.05, 0.1) is 19.3 Å². The van der Waals surface area contributed by atoms with Crippen LogP contribution in [-0.4, -0.2) is 63.4 Å². The van der Waals surface area contributed by atoms with E-state index in [0.717, 1.165) is 5.69 Å². The number of piperidine rings is 1. The Labute approximate surface area is 202 Å². The summed E-state index contributed by atoms with van der Waals surface area (Å²) in [7, 11) is 3.36. The standard InChI is InChI=1S/C26H29F3N2O4/c1-30(14-17-12-25(28,29)13-17)21-7-6-18(10-22(21)33-2)24(32)31-9-8-26(23(15-31)34-16-35-26)19-4-3-5-20(27)11-19/h3-7,10-11,17,23H,8-9,12-16H2,1-2H3/t23-,26?/m1/s1. The first-order valence-corrected chi connectivity index (χ1v) is 11.8. The van der Waals surface area contributed by atoms with Crippen LogP contribution in [0.15, 0.2) is 42.5 Å².